The molecule has 0 saturated carbocycles. The van der Waals surface area contributed by atoms with E-state index >= 15 is 0 Å². The van der Waals surface area contributed by atoms with E-state index < -0.39 is 0 Å². The van der Waals surface area contributed by atoms with Gasteiger partial charge in [-0.3, -0.25) is 9.97 Å². The molecular weight excluding hydrogens is 449 g/mol. The molecule has 0 N–H and O–H groups in total. The number of halogens is 2. The Kier molecular flexibility index (Phi) is 5.81. The minimum Gasteiger partial charge on any atom is -0.367 e. The van der Waals surface area contributed by atoms with Gasteiger partial charge in [0.25, 0.3) is 0 Å². The fourth-order valence-corrected chi connectivity index (χ4v) is 5.79. The SMILES string of the molecule is Fc1cc(N2CCN(N3CCCCC3c3cccc4c(Cl)ccnc34)CC2)c2ncccc2c1. The maximum absolute atomic E-state index is 14.3. The van der Waals surface area contributed by atoms with Crippen molar-refractivity contribution in [1.82, 2.24) is 20.0 Å². The third kappa shape index (κ3) is 3.90. The van der Waals surface area contributed by atoms with Gasteiger partial charge < -0.3 is 4.90 Å². The van der Waals surface area contributed by atoms with Crippen molar-refractivity contribution in [1.29, 1.82) is 0 Å². The summed E-state index contributed by atoms with van der Waals surface area (Å²) in [5, 5.41) is 7.64. The van der Waals surface area contributed by atoms with Crippen LogP contribution in [0.1, 0.15) is 30.9 Å². The summed E-state index contributed by atoms with van der Waals surface area (Å²) in [6, 6.07) is 15.5. The largest absolute Gasteiger partial charge is 0.367 e. The molecule has 174 valence electrons. The Bertz CT molecular complexity index is 1340. The Morgan fingerprint density at radius 1 is 0.853 bits per heavy atom. The Hall–Kier alpha value is -2.80. The monoisotopic (exact) mass is 475 g/mol. The van der Waals surface area contributed by atoms with E-state index in [0.29, 0.717) is 0 Å². The van der Waals surface area contributed by atoms with E-state index in [9.17, 15) is 4.39 Å². The summed E-state index contributed by atoms with van der Waals surface area (Å²) >= 11 is 6.48. The summed E-state index contributed by atoms with van der Waals surface area (Å²) in [5.74, 6) is -0.212. The van der Waals surface area contributed by atoms with Gasteiger partial charge in [0.05, 0.1) is 27.8 Å². The molecule has 2 aromatic carbocycles. The molecule has 4 aromatic rings. The van der Waals surface area contributed by atoms with Crippen molar-refractivity contribution in [2.24, 2.45) is 0 Å². The van der Waals surface area contributed by atoms with Crippen LogP contribution in [0, 0.1) is 5.82 Å². The molecule has 0 bridgehead atoms. The molecule has 2 saturated heterocycles. The maximum Gasteiger partial charge on any atom is 0.126 e. The van der Waals surface area contributed by atoms with Crippen molar-refractivity contribution < 1.29 is 4.39 Å². The van der Waals surface area contributed by atoms with Crippen LogP contribution >= 0.6 is 11.6 Å². The van der Waals surface area contributed by atoms with Gasteiger partial charge in [-0.2, -0.15) is 0 Å². The van der Waals surface area contributed by atoms with Gasteiger partial charge in [-0.25, -0.2) is 14.4 Å². The van der Waals surface area contributed by atoms with Crippen molar-refractivity contribution >= 4 is 39.1 Å². The zero-order valence-corrected chi connectivity index (χ0v) is 19.8. The third-order valence-electron chi connectivity index (χ3n) is 7.19. The van der Waals surface area contributed by atoms with Crippen LogP contribution in [0.3, 0.4) is 0 Å². The Morgan fingerprint density at radius 2 is 1.71 bits per heavy atom. The summed E-state index contributed by atoms with van der Waals surface area (Å²) in [5.41, 5.74) is 4.01. The predicted molar refractivity (Wildman–Crippen MR) is 136 cm³/mol. The number of hydrogen-bond donors (Lipinski definition) is 0. The van der Waals surface area contributed by atoms with Gasteiger partial charge in [-0.1, -0.05) is 42.3 Å². The number of para-hydroxylation sites is 1. The number of hydrogen-bond acceptors (Lipinski definition) is 5. The molecule has 2 aliphatic heterocycles. The molecule has 4 heterocycles. The van der Waals surface area contributed by atoms with E-state index in [1.807, 2.05) is 18.2 Å². The average molecular weight is 476 g/mol. The molecule has 6 rings (SSSR count). The molecule has 1 atom stereocenters. The maximum atomic E-state index is 14.3. The first kappa shape index (κ1) is 21.7. The number of fused-ring (bicyclic) bond motifs is 2. The molecule has 34 heavy (non-hydrogen) atoms. The van der Waals surface area contributed by atoms with Crippen LogP contribution in [-0.4, -0.2) is 52.7 Å². The molecule has 2 aliphatic rings. The number of piperidine rings is 1. The molecule has 2 aromatic heterocycles. The number of nitrogens with zero attached hydrogens (tertiary/aromatic N) is 5. The second-order valence-electron chi connectivity index (χ2n) is 9.15. The quantitative estimate of drug-likeness (QED) is 0.372. The summed E-state index contributed by atoms with van der Waals surface area (Å²) < 4.78 is 14.3. The lowest BCUT2D eigenvalue weighted by molar-refractivity contribution is -0.0824. The second kappa shape index (κ2) is 9.10. The number of hydrazine groups is 1. The Balaban J connectivity index is 1.26. The van der Waals surface area contributed by atoms with Crippen LogP contribution in [0.2, 0.25) is 5.02 Å². The molecule has 0 spiro atoms. The van der Waals surface area contributed by atoms with Crippen LogP contribution in [0.25, 0.3) is 21.8 Å². The first-order valence-electron chi connectivity index (χ1n) is 12.0. The van der Waals surface area contributed by atoms with Crippen molar-refractivity contribution in [3.63, 3.8) is 0 Å². The van der Waals surface area contributed by atoms with Gasteiger partial charge in [0.15, 0.2) is 0 Å². The van der Waals surface area contributed by atoms with Crippen molar-refractivity contribution in [3.8, 4) is 0 Å². The van der Waals surface area contributed by atoms with Gasteiger partial charge in [-0.15, -0.1) is 0 Å². The number of piperazine rings is 1. The molecule has 2 fully saturated rings. The highest BCUT2D eigenvalue weighted by Crippen LogP contribution is 2.37. The number of aromatic nitrogens is 2. The fourth-order valence-electron chi connectivity index (χ4n) is 5.58. The smallest absolute Gasteiger partial charge is 0.126 e. The van der Waals surface area contributed by atoms with Gasteiger partial charge in [0, 0.05) is 55.9 Å². The summed E-state index contributed by atoms with van der Waals surface area (Å²) in [4.78, 5) is 11.5. The molecular formula is C27H27ClFN5. The molecule has 1 unspecified atom stereocenters. The Morgan fingerprint density at radius 3 is 2.59 bits per heavy atom. The number of pyridine rings is 2. The average Bonchev–Trinajstić information content (AvgIpc) is 2.88. The minimum absolute atomic E-state index is 0.212. The third-order valence-corrected chi connectivity index (χ3v) is 7.52. The van der Waals surface area contributed by atoms with Crippen LogP contribution in [-0.2, 0) is 0 Å². The number of rotatable bonds is 3. The fraction of sp³-hybridized carbons (Fsp3) is 0.333. The van der Waals surface area contributed by atoms with E-state index in [2.05, 4.69) is 38.1 Å². The zero-order chi connectivity index (χ0) is 23.1. The van der Waals surface area contributed by atoms with Crippen LogP contribution in [0.15, 0.2) is 60.9 Å². The van der Waals surface area contributed by atoms with Crippen molar-refractivity contribution in [2.45, 2.75) is 25.3 Å². The molecule has 0 amide bonds. The summed E-state index contributed by atoms with van der Waals surface area (Å²) in [7, 11) is 0. The minimum atomic E-state index is -0.212. The lowest BCUT2D eigenvalue weighted by Crippen LogP contribution is -2.55. The predicted octanol–water partition coefficient (Wildman–Crippen LogP) is 5.84. The van der Waals surface area contributed by atoms with E-state index in [-0.39, 0.29) is 11.9 Å². The first-order valence-corrected chi connectivity index (χ1v) is 12.4. The van der Waals surface area contributed by atoms with E-state index in [1.165, 1.54) is 18.4 Å². The van der Waals surface area contributed by atoms with Gasteiger partial charge in [0.2, 0.25) is 0 Å². The van der Waals surface area contributed by atoms with Gasteiger partial charge in [0.1, 0.15) is 5.82 Å². The van der Waals surface area contributed by atoms with Crippen molar-refractivity contribution in [2.75, 3.05) is 37.6 Å². The number of anilines is 1. The van der Waals surface area contributed by atoms with Crippen LogP contribution in [0.5, 0.6) is 0 Å². The second-order valence-corrected chi connectivity index (χ2v) is 9.56. The van der Waals surface area contributed by atoms with E-state index in [1.54, 1.807) is 24.5 Å². The lowest BCUT2D eigenvalue weighted by atomic mass is 9.94. The zero-order valence-electron chi connectivity index (χ0n) is 19.0. The highest BCUT2D eigenvalue weighted by atomic mass is 35.5. The van der Waals surface area contributed by atoms with Crippen LogP contribution < -0.4 is 4.90 Å². The van der Waals surface area contributed by atoms with Crippen molar-refractivity contribution in [3.05, 3.63) is 77.3 Å². The summed E-state index contributed by atoms with van der Waals surface area (Å²) in [6.07, 6.45) is 7.08. The van der Waals surface area contributed by atoms with Crippen LogP contribution in [0.4, 0.5) is 10.1 Å². The highest BCUT2D eigenvalue weighted by molar-refractivity contribution is 6.35. The molecule has 0 aliphatic carbocycles. The Labute approximate surface area is 203 Å². The van der Waals surface area contributed by atoms with Gasteiger partial charge in [-0.05, 0) is 42.7 Å². The van der Waals surface area contributed by atoms with E-state index in [0.717, 1.165) is 71.7 Å². The first-order chi connectivity index (χ1) is 16.7. The normalized spacial score (nSPS) is 20.3. The topological polar surface area (TPSA) is 35.5 Å². The molecule has 7 heteroatoms. The highest BCUT2D eigenvalue weighted by Gasteiger charge is 2.32. The van der Waals surface area contributed by atoms with E-state index in [4.69, 9.17) is 16.6 Å². The lowest BCUT2D eigenvalue weighted by Gasteiger charge is -2.47. The number of benzene rings is 2. The summed E-state index contributed by atoms with van der Waals surface area (Å²) in [6.45, 7) is 4.47. The standard InChI is InChI=1S/C27H27ClFN5/c28-23-9-11-31-27-21(23)6-3-7-22(27)24-8-1-2-12-34(24)33-15-13-32(14-16-33)25-18-20(29)17-19-5-4-10-30-26(19)25/h3-7,9-11,17-18,24H,1-2,8,12-16H2. The van der Waals surface area contributed by atoms with Gasteiger partial charge >= 0.3 is 0 Å². The molecule has 0 radical (unpaired) electrons. The molecule has 5 nitrogen and oxygen atoms in total.